The van der Waals surface area contributed by atoms with Crippen LogP contribution in [0.4, 0.5) is 0 Å². The third kappa shape index (κ3) is 5.71. The zero-order chi connectivity index (χ0) is 20.1. The van der Waals surface area contributed by atoms with Crippen molar-refractivity contribution in [2.75, 3.05) is 32.8 Å². The van der Waals surface area contributed by atoms with Crippen LogP contribution < -0.4 is 9.47 Å². The summed E-state index contributed by atoms with van der Waals surface area (Å²) in [7, 11) is 0. The van der Waals surface area contributed by atoms with Crippen molar-refractivity contribution in [3.63, 3.8) is 0 Å². The highest BCUT2D eigenvalue weighted by atomic mass is 16.5. The average molecular weight is 396 g/mol. The molecule has 1 fully saturated rings. The molecule has 0 atom stereocenters. The van der Waals surface area contributed by atoms with Gasteiger partial charge in [0.2, 0.25) is 0 Å². The molecule has 2 aromatic rings. The van der Waals surface area contributed by atoms with Crippen LogP contribution in [0.25, 0.3) is 0 Å². The van der Waals surface area contributed by atoms with E-state index in [0.717, 1.165) is 70.2 Å². The molecule has 1 aromatic carbocycles. The summed E-state index contributed by atoms with van der Waals surface area (Å²) in [5.41, 5.74) is 2.71. The summed E-state index contributed by atoms with van der Waals surface area (Å²) in [6.07, 6.45) is 5.99. The van der Waals surface area contributed by atoms with Crippen molar-refractivity contribution in [2.24, 2.45) is 5.92 Å². The normalized spacial score (nSPS) is 18.9. The van der Waals surface area contributed by atoms with E-state index in [0.29, 0.717) is 12.0 Å². The Morgan fingerprint density at radius 1 is 1.14 bits per heavy atom. The first-order valence-electron chi connectivity index (χ1n) is 10.9. The summed E-state index contributed by atoms with van der Waals surface area (Å²) in [4.78, 5) is 9.19. The number of aromatic nitrogens is 1. The topological polar surface area (TPSA) is 37.8 Å². The van der Waals surface area contributed by atoms with Gasteiger partial charge in [-0.05, 0) is 48.6 Å². The summed E-state index contributed by atoms with van der Waals surface area (Å²) in [5.74, 6) is 2.61. The molecule has 156 valence electrons. The molecule has 0 unspecified atom stereocenters. The molecule has 0 saturated carbocycles. The first-order chi connectivity index (χ1) is 14.2. The molecular weight excluding hydrogens is 362 g/mol. The van der Waals surface area contributed by atoms with E-state index in [4.69, 9.17) is 9.47 Å². The molecule has 5 heteroatoms. The SMILES string of the molecule is CC(C)CN1CCOc2ccc(CN3CCC(Oc4cccnc4)CC3)cc2C1. The molecule has 29 heavy (non-hydrogen) atoms. The third-order valence-electron chi connectivity index (χ3n) is 5.69. The van der Waals surface area contributed by atoms with Gasteiger partial charge in [0, 0.05) is 51.0 Å². The zero-order valence-corrected chi connectivity index (χ0v) is 17.7. The number of hydrogen-bond donors (Lipinski definition) is 0. The molecule has 2 aliphatic rings. The summed E-state index contributed by atoms with van der Waals surface area (Å²) in [6.45, 7) is 11.6. The van der Waals surface area contributed by atoms with E-state index in [1.165, 1.54) is 11.1 Å². The van der Waals surface area contributed by atoms with Crippen molar-refractivity contribution in [3.05, 3.63) is 53.9 Å². The lowest BCUT2D eigenvalue weighted by molar-refractivity contribution is 0.0965. The molecule has 0 bridgehead atoms. The standard InChI is InChI=1S/C24H33N3O2/c1-19(2)16-27-12-13-28-24-6-5-20(14-21(24)18-27)17-26-10-7-22(8-11-26)29-23-4-3-9-25-15-23/h3-6,9,14-15,19,22H,7-8,10-13,16-18H2,1-2H3. The molecule has 1 saturated heterocycles. The van der Waals surface area contributed by atoms with Crippen LogP contribution in [0.15, 0.2) is 42.7 Å². The van der Waals surface area contributed by atoms with Crippen LogP contribution >= 0.6 is 0 Å². The first-order valence-corrected chi connectivity index (χ1v) is 10.9. The van der Waals surface area contributed by atoms with E-state index in [2.05, 4.69) is 46.8 Å². The van der Waals surface area contributed by atoms with Gasteiger partial charge in [-0.25, -0.2) is 0 Å². The molecular formula is C24H33N3O2. The molecule has 0 radical (unpaired) electrons. The number of hydrogen-bond acceptors (Lipinski definition) is 5. The molecule has 2 aliphatic heterocycles. The van der Waals surface area contributed by atoms with Crippen molar-refractivity contribution in [1.29, 1.82) is 0 Å². The Morgan fingerprint density at radius 2 is 2.00 bits per heavy atom. The number of pyridine rings is 1. The largest absolute Gasteiger partial charge is 0.492 e. The minimum absolute atomic E-state index is 0.292. The second kappa shape index (κ2) is 9.59. The molecule has 0 aliphatic carbocycles. The van der Waals surface area contributed by atoms with E-state index in [9.17, 15) is 0 Å². The lowest BCUT2D eigenvalue weighted by Gasteiger charge is -2.32. The number of rotatable bonds is 6. The van der Waals surface area contributed by atoms with Crippen LogP contribution in [0.3, 0.4) is 0 Å². The van der Waals surface area contributed by atoms with Gasteiger partial charge in [-0.15, -0.1) is 0 Å². The van der Waals surface area contributed by atoms with Crippen LogP contribution in [0, 0.1) is 5.92 Å². The number of piperidine rings is 1. The quantitative estimate of drug-likeness (QED) is 0.740. The first kappa shape index (κ1) is 20.2. The fourth-order valence-electron chi connectivity index (χ4n) is 4.33. The lowest BCUT2D eigenvalue weighted by Crippen LogP contribution is -2.37. The maximum atomic E-state index is 6.07. The van der Waals surface area contributed by atoms with Gasteiger partial charge < -0.3 is 9.47 Å². The van der Waals surface area contributed by atoms with Gasteiger partial charge in [0.05, 0.1) is 6.20 Å². The molecule has 0 spiro atoms. The fraction of sp³-hybridized carbons (Fsp3) is 0.542. The van der Waals surface area contributed by atoms with Crippen LogP contribution in [-0.4, -0.2) is 53.7 Å². The zero-order valence-electron chi connectivity index (χ0n) is 17.7. The molecule has 1 aromatic heterocycles. The Labute approximate surface area is 174 Å². The smallest absolute Gasteiger partial charge is 0.137 e. The molecule has 0 N–H and O–H groups in total. The van der Waals surface area contributed by atoms with Gasteiger partial charge in [-0.3, -0.25) is 14.8 Å². The van der Waals surface area contributed by atoms with E-state index >= 15 is 0 Å². The third-order valence-corrected chi connectivity index (χ3v) is 5.69. The van der Waals surface area contributed by atoms with Crippen LogP contribution in [0.2, 0.25) is 0 Å². The van der Waals surface area contributed by atoms with Crippen LogP contribution in [0.5, 0.6) is 11.5 Å². The summed E-state index contributed by atoms with van der Waals surface area (Å²) < 4.78 is 12.1. The summed E-state index contributed by atoms with van der Waals surface area (Å²) in [5, 5.41) is 0. The second-order valence-electron chi connectivity index (χ2n) is 8.70. The van der Waals surface area contributed by atoms with Crippen molar-refractivity contribution in [1.82, 2.24) is 14.8 Å². The highest BCUT2D eigenvalue weighted by Gasteiger charge is 2.22. The predicted molar refractivity (Wildman–Crippen MR) is 115 cm³/mol. The van der Waals surface area contributed by atoms with Crippen LogP contribution in [0.1, 0.15) is 37.8 Å². The maximum Gasteiger partial charge on any atom is 0.137 e. The van der Waals surface area contributed by atoms with Gasteiger partial charge in [0.1, 0.15) is 24.2 Å². The van der Waals surface area contributed by atoms with Gasteiger partial charge >= 0.3 is 0 Å². The number of likely N-dealkylation sites (tertiary alicyclic amines) is 1. The van der Waals surface area contributed by atoms with Crippen molar-refractivity contribution in [2.45, 2.75) is 45.9 Å². The molecule has 0 amide bonds. The number of fused-ring (bicyclic) bond motifs is 1. The van der Waals surface area contributed by atoms with Crippen molar-refractivity contribution in [3.8, 4) is 11.5 Å². The number of benzene rings is 1. The van der Waals surface area contributed by atoms with E-state index in [-0.39, 0.29) is 0 Å². The lowest BCUT2D eigenvalue weighted by atomic mass is 10.0. The predicted octanol–water partition coefficient (Wildman–Crippen LogP) is 3.98. The van der Waals surface area contributed by atoms with Gasteiger partial charge in [0.25, 0.3) is 0 Å². The van der Waals surface area contributed by atoms with Gasteiger partial charge in [-0.1, -0.05) is 19.9 Å². The Bertz CT molecular complexity index is 773. The van der Waals surface area contributed by atoms with Crippen LogP contribution in [-0.2, 0) is 13.1 Å². The van der Waals surface area contributed by atoms with E-state index in [1.54, 1.807) is 12.4 Å². The molecule has 3 heterocycles. The second-order valence-corrected chi connectivity index (χ2v) is 8.70. The highest BCUT2D eigenvalue weighted by Crippen LogP contribution is 2.26. The Morgan fingerprint density at radius 3 is 2.76 bits per heavy atom. The van der Waals surface area contributed by atoms with Crippen molar-refractivity contribution >= 4 is 0 Å². The molecule has 4 rings (SSSR count). The number of nitrogens with zero attached hydrogens (tertiary/aromatic N) is 3. The minimum atomic E-state index is 0.292. The van der Waals surface area contributed by atoms with E-state index < -0.39 is 0 Å². The van der Waals surface area contributed by atoms with E-state index in [1.807, 2.05) is 12.1 Å². The highest BCUT2D eigenvalue weighted by molar-refractivity contribution is 5.38. The fourth-order valence-corrected chi connectivity index (χ4v) is 4.33. The Kier molecular flexibility index (Phi) is 6.67. The Balaban J connectivity index is 1.32. The summed E-state index contributed by atoms with van der Waals surface area (Å²) in [6, 6.07) is 10.7. The molecule has 5 nitrogen and oxygen atoms in total. The van der Waals surface area contributed by atoms with Crippen molar-refractivity contribution < 1.29 is 9.47 Å². The summed E-state index contributed by atoms with van der Waals surface area (Å²) >= 11 is 0. The maximum absolute atomic E-state index is 6.07. The monoisotopic (exact) mass is 395 g/mol. The Hall–Kier alpha value is -2.11. The van der Waals surface area contributed by atoms with Gasteiger partial charge in [0.15, 0.2) is 0 Å². The minimum Gasteiger partial charge on any atom is -0.492 e. The number of ether oxygens (including phenoxy) is 2. The van der Waals surface area contributed by atoms with Gasteiger partial charge in [-0.2, -0.15) is 0 Å². The average Bonchev–Trinajstić information content (AvgIpc) is 2.91.